The van der Waals surface area contributed by atoms with Crippen molar-refractivity contribution in [3.05, 3.63) is 11.1 Å². The molecule has 0 aliphatic carbocycles. The Morgan fingerprint density at radius 1 is 1.10 bits per heavy atom. The first-order valence-electron chi connectivity index (χ1n) is 8.05. The molecule has 0 aromatic carbocycles. The number of hydrogen-bond donors (Lipinski definition) is 2. The Bertz CT molecular complexity index is 341. The lowest BCUT2D eigenvalue weighted by molar-refractivity contribution is -0.120. The van der Waals surface area contributed by atoms with E-state index in [4.69, 9.17) is 5.41 Å². The topological polar surface area (TPSA) is 53.0 Å². The first-order valence-corrected chi connectivity index (χ1v) is 8.05. The van der Waals surface area contributed by atoms with Gasteiger partial charge in [-0.25, -0.2) is 0 Å². The molecule has 0 aliphatic rings. The fourth-order valence-electron chi connectivity index (χ4n) is 2.47. The average Bonchev–Trinajstić information content (AvgIpc) is 2.47. The Hall–Kier alpha value is -1.12. The molecule has 3 heteroatoms. The standard InChI is InChI=1S/C17H32N2O/c1-6-12-19-16(20)11-10-15(18)17(13(5)7-2)14(8-3)9-4/h14,18H,6-12H2,1-5H3,(H,19,20)/b17-13-,18-15?. The van der Waals surface area contributed by atoms with Crippen molar-refractivity contribution in [3.63, 3.8) is 0 Å². The molecule has 0 saturated heterocycles. The molecule has 0 heterocycles. The van der Waals surface area contributed by atoms with Crippen molar-refractivity contribution >= 4 is 11.6 Å². The van der Waals surface area contributed by atoms with Crippen LogP contribution in [0.5, 0.6) is 0 Å². The van der Waals surface area contributed by atoms with Gasteiger partial charge in [-0.15, -0.1) is 0 Å². The normalized spacial score (nSPS) is 12.3. The summed E-state index contributed by atoms with van der Waals surface area (Å²) in [5.41, 5.74) is 3.16. The van der Waals surface area contributed by atoms with E-state index in [1.165, 1.54) is 11.1 Å². The van der Waals surface area contributed by atoms with Crippen LogP contribution in [0.4, 0.5) is 0 Å². The van der Waals surface area contributed by atoms with Gasteiger partial charge < -0.3 is 10.7 Å². The van der Waals surface area contributed by atoms with Crippen LogP contribution in [0.15, 0.2) is 11.1 Å². The zero-order chi connectivity index (χ0) is 15.5. The minimum Gasteiger partial charge on any atom is -0.356 e. The maximum Gasteiger partial charge on any atom is 0.220 e. The maximum absolute atomic E-state index is 11.7. The quantitative estimate of drug-likeness (QED) is 0.570. The summed E-state index contributed by atoms with van der Waals surface area (Å²) in [4.78, 5) is 11.7. The largest absolute Gasteiger partial charge is 0.356 e. The van der Waals surface area contributed by atoms with Crippen molar-refractivity contribution in [2.24, 2.45) is 5.92 Å². The number of rotatable bonds is 10. The first-order chi connectivity index (χ1) is 9.51. The summed E-state index contributed by atoms with van der Waals surface area (Å²) >= 11 is 0. The number of hydrogen-bond acceptors (Lipinski definition) is 2. The van der Waals surface area contributed by atoms with Gasteiger partial charge in [0, 0.05) is 18.7 Å². The molecular weight excluding hydrogens is 248 g/mol. The summed E-state index contributed by atoms with van der Waals surface area (Å²) in [7, 11) is 0. The van der Waals surface area contributed by atoms with Gasteiger partial charge in [0.15, 0.2) is 0 Å². The van der Waals surface area contributed by atoms with Gasteiger partial charge in [-0.3, -0.25) is 4.79 Å². The molecule has 0 radical (unpaired) electrons. The van der Waals surface area contributed by atoms with Gasteiger partial charge in [0.1, 0.15) is 0 Å². The molecular formula is C17H32N2O. The van der Waals surface area contributed by atoms with Crippen LogP contribution in [-0.4, -0.2) is 18.2 Å². The Morgan fingerprint density at radius 2 is 1.70 bits per heavy atom. The monoisotopic (exact) mass is 280 g/mol. The number of carbonyl (C=O) groups excluding carboxylic acids is 1. The second kappa shape index (κ2) is 10.6. The Labute approximate surface area is 124 Å². The highest BCUT2D eigenvalue weighted by Crippen LogP contribution is 2.26. The van der Waals surface area contributed by atoms with E-state index in [-0.39, 0.29) is 5.91 Å². The Kier molecular flexibility index (Phi) is 10.0. The molecule has 0 rings (SSSR count). The highest BCUT2D eigenvalue weighted by atomic mass is 16.1. The number of amides is 1. The van der Waals surface area contributed by atoms with Crippen molar-refractivity contribution in [1.82, 2.24) is 5.32 Å². The van der Waals surface area contributed by atoms with Gasteiger partial charge in [0.05, 0.1) is 0 Å². The minimum absolute atomic E-state index is 0.0645. The van der Waals surface area contributed by atoms with Crippen LogP contribution in [-0.2, 0) is 4.79 Å². The molecule has 0 spiro atoms. The molecule has 0 bridgehead atoms. The van der Waals surface area contributed by atoms with Gasteiger partial charge in [-0.2, -0.15) is 0 Å². The van der Waals surface area contributed by atoms with Gasteiger partial charge in [-0.1, -0.05) is 33.3 Å². The van der Waals surface area contributed by atoms with E-state index in [0.29, 0.717) is 24.5 Å². The zero-order valence-corrected chi connectivity index (χ0v) is 13.9. The summed E-state index contributed by atoms with van der Waals surface area (Å²) in [6, 6.07) is 0. The lowest BCUT2D eigenvalue weighted by atomic mass is 9.85. The molecule has 116 valence electrons. The molecule has 0 atom stereocenters. The number of carbonyl (C=O) groups is 1. The van der Waals surface area contributed by atoms with Crippen LogP contribution in [0.2, 0.25) is 0 Å². The lowest BCUT2D eigenvalue weighted by Gasteiger charge is -2.21. The molecule has 0 aromatic rings. The van der Waals surface area contributed by atoms with E-state index in [2.05, 4.69) is 33.0 Å². The fourth-order valence-corrected chi connectivity index (χ4v) is 2.47. The van der Waals surface area contributed by atoms with Crippen LogP contribution in [0.1, 0.15) is 73.1 Å². The van der Waals surface area contributed by atoms with Crippen molar-refractivity contribution in [3.8, 4) is 0 Å². The van der Waals surface area contributed by atoms with Crippen molar-refractivity contribution in [2.45, 2.75) is 73.1 Å². The molecule has 3 nitrogen and oxygen atoms in total. The number of nitrogens with one attached hydrogen (secondary N) is 2. The summed E-state index contributed by atoms with van der Waals surface area (Å²) in [5, 5.41) is 11.2. The third-order valence-corrected chi connectivity index (χ3v) is 3.88. The van der Waals surface area contributed by atoms with Crippen molar-refractivity contribution in [1.29, 1.82) is 5.41 Å². The van der Waals surface area contributed by atoms with Crippen molar-refractivity contribution < 1.29 is 4.79 Å². The molecule has 0 aromatic heterocycles. The maximum atomic E-state index is 11.7. The van der Waals surface area contributed by atoms with Gasteiger partial charge in [-0.05, 0) is 50.5 Å². The molecule has 0 aliphatic heterocycles. The second-order valence-corrected chi connectivity index (χ2v) is 5.39. The summed E-state index contributed by atoms with van der Waals surface area (Å²) in [6.07, 6.45) is 5.05. The Morgan fingerprint density at radius 3 is 2.15 bits per heavy atom. The van der Waals surface area contributed by atoms with Crippen molar-refractivity contribution in [2.75, 3.05) is 6.54 Å². The van der Waals surface area contributed by atoms with Gasteiger partial charge in [0.25, 0.3) is 0 Å². The van der Waals surface area contributed by atoms with E-state index in [0.717, 1.165) is 32.2 Å². The highest BCUT2D eigenvalue weighted by Gasteiger charge is 2.18. The first kappa shape index (κ1) is 18.9. The van der Waals surface area contributed by atoms with Gasteiger partial charge in [0.2, 0.25) is 5.91 Å². The smallest absolute Gasteiger partial charge is 0.220 e. The summed E-state index contributed by atoms with van der Waals surface area (Å²) in [6.45, 7) is 11.4. The Balaban J connectivity index is 4.70. The van der Waals surface area contributed by atoms with Crippen LogP contribution >= 0.6 is 0 Å². The van der Waals surface area contributed by atoms with E-state index < -0.39 is 0 Å². The molecule has 20 heavy (non-hydrogen) atoms. The summed E-state index contributed by atoms with van der Waals surface area (Å²) in [5.74, 6) is 0.524. The van der Waals surface area contributed by atoms with Gasteiger partial charge >= 0.3 is 0 Å². The van der Waals surface area contributed by atoms with E-state index in [9.17, 15) is 4.79 Å². The third-order valence-electron chi connectivity index (χ3n) is 3.88. The predicted molar refractivity (Wildman–Crippen MR) is 87.3 cm³/mol. The van der Waals surface area contributed by atoms with Crippen LogP contribution in [0.25, 0.3) is 0 Å². The highest BCUT2D eigenvalue weighted by molar-refractivity contribution is 6.00. The molecule has 0 fully saturated rings. The van der Waals surface area contributed by atoms with E-state index >= 15 is 0 Å². The zero-order valence-electron chi connectivity index (χ0n) is 13.9. The SMILES string of the molecule is CCCNC(=O)CCC(=N)/C(=C(/C)CC)C(CC)CC. The van der Waals surface area contributed by atoms with E-state index in [1.54, 1.807) is 0 Å². The average molecular weight is 280 g/mol. The van der Waals surface area contributed by atoms with E-state index in [1.807, 2.05) is 6.92 Å². The molecule has 2 N–H and O–H groups in total. The summed E-state index contributed by atoms with van der Waals surface area (Å²) < 4.78 is 0. The van der Waals surface area contributed by atoms with Crippen LogP contribution in [0.3, 0.4) is 0 Å². The van der Waals surface area contributed by atoms with Crippen LogP contribution in [0, 0.1) is 11.3 Å². The molecule has 0 unspecified atom stereocenters. The lowest BCUT2D eigenvalue weighted by Crippen LogP contribution is -2.25. The molecule has 0 saturated carbocycles. The van der Waals surface area contributed by atoms with Crippen LogP contribution < -0.4 is 5.32 Å². The predicted octanol–water partition coefficient (Wildman–Crippen LogP) is 4.48. The minimum atomic E-state index is 0.0645. The second-order valence-electron chi connectivity index (χ2n) is 5.39. The third kappa shape index (κ3) is 6.36. The fraction of sp³-hybridized carbons (Fsp3) is 0.765. The number of allylic oxidation sites excluding steroid dienone is 2. The molecule has 1 amide bonds.